The number of hydrogen-bond acceptors (Lipinski definition) is 8. The minimum Gasteiger partial charge on any atom is -0.462 e. The van der Waals surface area contributed by atoms with E-state index >= 15 is 0 Å². The number of amides is 1. The molecule has 0 aliphatic heterocycles. The van der Waals surface area contributed by atoms with Crippen LogP contribution in [-0.4, -0.2) is 50.9 Å². The molecule has 0 fully saturated rings. The molecule has 0 bridgehead atoms. The number of anilines is 2. The number of ether oxygens (including phenoxy) is 2. The number of esters is 2. The third-order valence-corrected chi connectivity index (χ3v) is 8.40. The molecule has 0 aliphatic carbocycles. The average Bonchev–Trinajstić information content (AvgIpc) is 3.67. The Balaban J connectivity index is 1.52. The molecule has 49 heavy (non-hydrogen) atoms. The molecular weight excluding hydrogens is 620 g/mol. The van der Waals surface area contributed by atoms with Gasteiger partial charge in [0.25, 0.3) is 5.91 Å². The van der Waals surface area contributed by atoms with Crippen molar-refractivity contribution in [1.82, 2.24) is 25.1 Å². The molecule has 3 N–H and O–H groups in total. The predicted octanol–water partition coefficient (Wildman–Crippen LogP) is 8.37. The molecule has 0 saturated heterocycles. The second-order valence-electron chi connectivity index (χ2n) is 13.7. The Bertz CT molecular complexity index is 1690. The van der Waals surface area contributed by atoms with Crippen LogP contribution in [0, 0.1) is 6.92 Å². The number of benzene rings is 2. The molecule has 11 heteroatoms. The van der Waals surface area contributed by atoms with E-state index in [1.807, 2.05) is 32.0 Å². The first-order valence-electron chi connectivity index (χ1n) is 17.5. The maximum Gasteiger partial charge on any atom is 0.338 e. The van der Waals surface area contributed by atoms with Crippen molar-refractivity contribution in [3.8, 4) is 0 Å². The Labute approximate surface area is 289 Å². The van der Waals surface area contributed by atoms with E-state index in [-0.39, 0.29) is 22.4 Å². The summed E-state index contributed by atoms with van der Waals surface area (Å²) in [6, 6.07) is 11.8. The van der Waals surface area contributed by atoms with Crippen LogP contribution in [0.3, 0.4) is 0 Å². The summed E-state index contributed by atoms with van der Waals surface area (Å²) in [5, 5.41) is 18.3. The zero-order chi connectivity index (χ0) is 35.6. The summed E-state index contributed by atoms with van der Waals surface area (Å²) in [6.07, 6.45) is 7.86. The molecule has 2 heterocycles. The van der Waals surface area contributed by atoms with Crippen LogP contribution in [0.4, 0.5) is 11.4 Å². The van der Waals surface area contributed by atoms with E-state index in [0.717, 1.165) is 62.6 Å². The summed E-state index contributed by atoms with van der Waals surface area (Å²) in [5.41, 5.74) is 4.44. The summed E-state index contributed by atoms with van der Waals surface area (Å²) in [7, 11) is 0. The van der Waals surface area contributed by atoms with Crippen molar-refractivity contribution in [2.75, 3.05) is 18.5 Å². The minimum atomic E-state index is -0.505. The second kappa shape index (κ2) is 17.1. The third kappa shape index (κ3) is 10.2. The summed E-state index contributed by atoms with van der Waals surface area (Å²) in [4.78, 5) is 39.6. The Hall–Kier alpha value is -4.67. The van der Waals surface area contributed by atoms with Crippen molar-refractivity contribution >= 4 is 34.9 Å². The molecule has 4 rings (SSSR count). The highest BCUT2D eigenvalue weighted by Crippen LogP contribution is 2.26. The standard InChI is InChI=1S/C38H52N6O5/c1-8-10-12-14-18-48-36(46)27-20-28(37(47)49-19-15-13-11-9-2)22-30(21-27)40-29-17-16-25(3)31(23-29)35(45)39-26(4)34-42-41-33-24-32(38(5,6)7)43-44(33)34/h16-17,20-24,26,40,43H,8-15,18-19H2,1-7H3,(H,39,45). The molecule has 1 atom stereocenters. The highest BCUT2D eigenvalue weighted by atomic mass is 16.5. The minimum absolute atomic E-state index is 0.0988. The number of rotatable bonds is 17. The van der Waals surface area contributed by atoms with Gasteiger partial charge in [-0.2, -0.15) is 0 Å². The van der Waals surface area contributed by atoms with Crippen LogP contribution in [0.25, 0.3) is 5.65 Å². The van der Waals surface area contributed by atoms with E-state index in [4.69, 9.17) is 9.47 Å². The molecule has 0 aliphatic rings. The van der Waals surface area contributed by atoms with Crippen molar-refractivity contribution in [3.63, 3.8) is 0 Å². The molecule has 11 nitrogen and oxygen atoms in total. The van der Waals surface area contributed by atoms with E-state index in [1.165, 1.54) is 6.07 Å². The number of carbonyl (C=O) groups excluding carboxylic acids is 3. The van der Waals surface area contributed by atoms with Gasteiger partial charge in [-0.3, -0.25) is 9.89 Å². The van der Waals surface area contributed by atoms with Crippen molar-refractivity contribution in [3.05, 3.63) is 76.2 Å². The summed E-state index contributed by atoms with van der Waals surface area (Å²) in [5.74, 6) is -0.700. The molecule has 0 radical (unpaired) electrons. The number of aromatic amines is 1. The van der Waals surface area contributed by atoms with Gasteiger partial charge in [0.05, 0.1) is 30.4 Å². The molecule has 4 aromatic rings. The lowest BCUT2D eigenvalue weighted by Gasteiger charge is -2.17. The number of aryl methyl sites for hydroxylation is 1. The Kier molecular flexibility index (Phi) is 13.0. The Morgan fingerprint density at radius 1 is 0.816 bits per heavy atom. The number of hydrogen-bond donors (Lipinski definition) is 3. The third-order valence-electron chi connectivity index (χ3n) is 8.40. The fraction of sp³-hybridized carbons (Fsp3) is 0.500. The largest absolute Gasteiger partial charge is 0.462 e. The van der Waals surface area contributed by atoms with Gasteiger partial charge in [0.15, 0.2) is 11.5 Å². The monoisotopic (exact) mass is 672 g/mol. The van der Waals surface area contributed by atoms with Crippen LogP contribution in [0.1, 0.15) is 147 Å². The smallest absolute Gasteiger partial charge is 0.338 e. The molecular formula is C38H52N6O5. The maximum atomic E-state index is 13.6. The molecule has 0 saturated carbocycles. The topological polar surface area (TPSA) is 140 Å². The van der Waals surface area contributed by atoms with Gasteiger partial charge in [-0.1, -0.05) is 79.2 Å². The Morgan fingerprint density at radius 3 is 2.00 bits per heavy atom. The molecule has 1 amide bonds. The zero-order valence-corrected chi connectivity index (χ0v) is 30.1. The fourth-order valence-corrected chi connectivity index (χ4v) is 5.40. The van der Waals surface area contributed by atoms with E-state index in [9.17, 15) is 14.4 Å². The van der Waals surface area contributed by atoms with E-state index in [2.05, 4.69) is 60.5 Å². The molecule has 2 aromatic heterocycles. The first-order valence-corrected chi connectivity index (χ1v) is 17.5. The highest BCUT2D eigenvalue weighted by Gasteiger charge is 2.23. The van der Waals surface area contributed by atoms with Gasteiger partial charge in [0, 0.05) is 34.1 Å². The van der Waals surface area contributed by atoms with Gasteiger partial charge in [0.1, 0.15) is 0 Å². The fourth-order valence-electron chi connectivity index (χ4n) is 5.40. The van der Waals surface area contributed by atoms with E-state index < -0.39 is 18.0 Å². The first-order chi connectivity index (χ1) is 23.4. The van der Waals surface area contributed by atoms with Crippen LogP contribution in [0.2, 0.25) is 0 Å². The summed E-state index contributed by atoms with van der Waals surface area (Å²) >= 11 is 0. The van der Waals surface area contributed by atoms with E-state index in [1.54, 1.807) is 22.7 Å². The Morgan fingerprint density at radius 2 is 1.43 bits per heavy atom. The van der Waals surface area contributed by atoms with Crippen LogP contribution < -0.4 is 10.6 Å². The van der Waals surface area contributed by atoms with Gasteiger partial charge < -0.3 is 20.1 Å². The van der Waals surface area contributed by atoms with Crippen molar-refractivity contribution in [2.45, 2.75) is 111 Å². The van der Waals surface area contributed by atoms with Crippen molar-refractivity contribution in [2.24, 2.45) is 0 Å². The average molecular weight is 673 g/mol. The van der Waals surface area contributed by atoms with Crippen LogP contribution in [-0.2, 0) is 14.9 Å². The van der Waals surface area contributed by atoms with Gasteiger partial charge in [-0.05, 0) is 62.6 Å². The number of fused-ring (bicyclic) bond motifs is 1. The van der Waals surface area contributed by atoms with Gasteiger partial charge >= 0.3 is 11.9 Å². The van der Waals surface area contributed by atoms with Crippen molar-refractivity contribution < 1.29 is 23.9 Å². The number of aromatic nitrogens is 4. The SMILES string of the molecule is CCCCCCOC(=O)c1cc(Nc2ccc(C)c(C(=O)NC(C)c3nnc4cc(C(C)(C)C)[nH]n34)c2)cc(C(=O)OCCCCCC)c1. The number of H-pyrrole nitrogens is 1. The quantitative estimate of drug-likeness (QED) is 0.0751. The second-order valence-corrected chi connectivity index (χ2v) is 13.7. The predicted molar refractivity (Wildman–Crippen MR) is 192 cm³/mol. The number of nitrogens with zero attached hydrogens (tertiary/aromatic N) is 3. The molecule has 2 aromatic carbocycles. The number of unbranched alkanes of at least 4 members (excludes halogenated alkanes) is 6. The lowest BCUT2D eigenvalue weighted by atomic mass is 9.93. The zero-order valence-electron chi connectivity index (χ0n) is 30.1. The van der Waals surface area contributed by atoms with Gasteiger partial charge in [0.2, 0.25) is 0 Å². The van der Waals surface area contributed by atoms with Gasteiger partial charge in [-0.15, -0.1) is 10.2 Å². The lowest BCUT2D eigenvalue weighted by Crippen LogP contribution is -2.29. The first kappa shape index (κ1) is 37.2. The normalized spacial score (nSPS) is 12.1. The van der Waals surface area contributed by atoms with Gasteiger partial charge in [-0.25, -0.2) is 14.1 Å². The molecule has 1 unspecified atom stereocenters. The van der Waals surface area contributed by atoms with Crippen LogP contribution >= 0.6 is 0 Å². The maximum absolute atomic E-state index is 13.6. The molecule has 264 valence electrons. The molecule has 0 spiro atoms. The van der Waals surface area contributed by atoms with Crippen LogP contribution in [0.5, 0.6) is 0 Å². The summed E-state index contributed by atoms with van der Waals surface area (Å²) in [6.45, 7) is 14.9. The lowest BCUT2D eigenvalue weighted by molar-refractivity contribution is 0.0496. The highest BCUT2D eigenvalue weighted by molar-refractivity contribution is 5.98. The summed E-state index contributed by atoms with van der Waals surface area (Å²) < 4.78 is 12.9. The van der Waals surface area contributed by atoms with Crippen molar-refractivity contribution in [1.29, 1.82) is 0 Å². The van der Waals surface area contributed by atoms with Crippen LogP contribution in [0.15, 0.2) is 42.5 Å². The number of nitrogens with one attached hydrogen (secondary N) is 3. The van der Waals surface area contributed by atoms with E-state index in [0.29, 0.717) is 41.6 Å². The number of carbonyl (C=O) groups is 3.